The first-order valence-electron chi connectivity index (χ1n) is 13.2. The summed E-state index contributed by atoms with van der Waals surface area (Å²) in [6.45, 7) is 5.72. The van der Waals surface area contributed by atoms with Crippen molar-refractivity contribution in [3.05, 3.63) is 85.0 Å². The van der Waals surface area contributed by atoms with Crippen LogP contribution in [0.15, 0.2) is 85.0 Å². The maximum atomic E-state index is 5.85. The third kappa shape index (κ3) is 9.78. The molecule has 1 aromatic heterocycles. The van der Waals surface area contributed by atoms with Crippen molar-refractivity contribution in [1.29, 1.82) is 0 Å². The van der Waals surface area contributed by atoms with Crippen LogP contribution in [0.2, 0.25) is 0 Å². The van der Waals surface area contributed by atoms with Crippen LogP contribution in [0, 0.1) is 0 Å². The highest BCUT2D eigenvalue weighted by Crippen LogP contribution is 2.35. The number of benzene rings is 2. The molecule has 3 heteroatoms. The molecule has 0 atom stereocenters. The maximum absolute atomic E-state index is 5.85. The average molecular weight is 489 g/mol. The van der Waals surface area contributed by atoms with Gasteiger partial charge in [0.2, 0.25) is 0 Å². The number of thiophene rings is 1. The number of unbranched alkanes of at least 4 members (excludes halogenated alkanes) is 6. The van der Waals surface area contributed by atoms with E-state index in [4.69, 9.17) is 9.47 Å². The average Bonchev–Trinajstić information content (AvgIpc) is 3.39. The van der Waals surface area contributed by atoms with Crippen molar-refractivity contribution in [2.24, 2.45) is 0 Å². The molecule has 0 N–H and O–H groups in total. The first-order valence-corrected chi connectivity index (χ1v) is 14.0. The fourth-order valence-electron chi connectivity index (χ4n) is 3.76. The van der Waals surface area contributed by atoms with Crippen molar-refractivity contribution in [1.82, 2.24) is 0 Å². The number of hydrogen-bond acceptors (Lipinski definition) is 3. The number of allylic oxidation sites excluding steroid dienone is 2. The summed E-state index contributed by atoms with van der Waals surface area (Å²) >= 11 is 1.81. The van der Waals surface area contributed by atoms with Crippen molar-refractivity contribution in [2.45, 2.75) is 65.2 Å². The Bertz CT molecular complexity index is 930. The van der Waals surface area contributed by atoms with Gasteiger partial charge in [-0.25, -0.2) is 0 Å². The van der Waals surface area contributed by atoms with Crippen molar-refractivity contribution in [2.75, 3.05) is 13.2 Å². The SMILES string of the molecule is CCCCC/C=C/COc1ccc(-c2ccc(-c3ccc(OC/C=C/CCCCC)cc3)s2)cc1. The molecule has 0 aliphatic heterocycles. The summed E-state index contributed by atoms with van der Waals surface area (Å²) in [4.78, 5) is 2.52. The molecule has 0 bridgehead atoms. The lowest BCUT2D eigenvalue weighted by Crippen LogP contribution is -1.92. The van der Waals surface area contributed by atoms with Gasteiger partial charge in [0, 0.05) is 9.75 Å². The van der Waals surface area contributed by atoms with Crippen LogP contribution in [0.3, 0.4) is 0 Å². The van der Waals surface area contributed by atoms with Crippen LogP contribution in [-0.2, 0) is 0 Å². The van der Waals surface area contributed by atoms with E-state index in [1.165, 1.54) is 59.4 Å². The monoisotopic (exact) mass is 488 g/mol. The van der Waals surface area contributed by atoms with Gasteiger partial charge in [-0.3, -0.25) is 0 Å². The molecule has 186 valence electrons. The van der Waals surface area contributed by atoms with Crippen LogP contribution in [0.5, 0.6) is 11.5 Å². The smallest absolute Gasteiger partial charge is 0.119 e. The van der Waals surface area contributed by atoms with Gasteiger partial charge in [0.25, 0.3) is 0 Å². The third-order valence-electron chi connectivity index (χ3n) is 5.86. The summed E-state index contributed by atoms with van der Waals surface area (Å²) in [7, 11) is 0. The Kier molecular flexibility index (Phi) is 12.3. The molecule has 1 heterocycles. The van der Waals surface area contributed by atoms with Crippen LogP contribution < -0.4 is 9.47 Å². The number of ether oxygens (including phenoxy) is 2. The predicted octanol–water partition coefficient (Wildman–Crippen LogP) is 10.1. The molecule has 0 radical (unpaired) electrons. The summed E-state index contributed by atoms with van der Waals surface area (Å²) in [5, 5.41) is 0. The second kappa shape index (κ2) is 16.0. The molecule has 0 spiro atoms. The zero-order valence-corrected chi connectivity index (χ0v) is 22.2. The lowest BCUT2D eigenvalue weighted by atomic mass is 10.1. The van der Waals surface area contributed by atoms with Gasteiger partial charge in [0.15, 0.2) is 0 Å². The first-order chi connectivity index (χ1) is 17.3. The van der Waals surface area contributed by atoms with Gasteiger partial charge in [-0.15, -0.1) is 11.3 Å². The van der Waals surface area contributed by atoms with Gasteiger partial charge in [-0.2, -0.15) is 0 Å². The van der Waals surface area contributed by atoms with Gasteiger partial charge in [-0.05, 0) is 97.5 Å². The summed E-state index contributed by atoms with van der Waals surface area (Å²) < 4.78 is 11.7. The molecule has 0 saturated heterocycles. The number of hydrogen-bond donors (Lipinski definition) is 0. The Hall–Kier alpha value is -2.78. The second-order valence-corrected chi connectivity index (χ2v) is 9.85. The molecule has 0 amide bonds. The van der Waals surface area contributed by atoms with E-state index >= 15 is 0 Å². The highest BCUT2D eigenvalue weighted by Gasteiger charge is 2.06. The summed E-state index contributed by atoms with van der Waals surface area (Å²) in [6.07, 6.45) is 18.6. The quantitative estimate of drug-likeness (QED) is 0.147. The highest BCUT2D eigenvalue weighted by atomic mass is 32.1. The molecule has 0 unspecified atom stereocenters. The Labute approximate surface area is 216 Å². The van der Waals surface area contributed by atoms with E-state index in [9.17, 15) is 0 Å². The van der Waals surface area contributed by atoms with Crippen molar-refractivity contribution >= 4 is 11.3 Å². The van der Waals surface area contributed by atoms with Gasteiger partial charge in [0.1, 0.15) is 24.7 Å². The van der Waals surface area contributed by atoms with Crippen molar-refractivity contribution in [3.8, 4) is 32.4 Å². The van der Waals surface area contributed by atoms with E-state index in [0.29, 0.717) is 13.2 Å². The lowest BCUT2D eigenvalue weighted by molar-refractivity contribution is 0.362. The van der Waals surface area contributed by atoms with E-state index in [0.717, 1.165) is 24.3 Å². The zero-order valence-electron chi connectivity index (χ0n) is 21.4. The van der Waals surface area contributed by atoms with Crippen molar-refractivity contribution in [3.63, 3.8) is 0 Å². The number of rotatable bonds is 16. The van der Waals surface area contributed by atoms with Gasteiger partial charge in [-0.1, -0.05) is 63.8 Å². The van der Waals surface area contributed by atoms with E-state index in [2.05, 4.69) is 98.8 Å². The van der Waals surface area contributed by atoms with E-state index in [-0.39, 0.29) is 0 Å². The Morgan fingerprint density at radius 3 is 1.37 bits per heavy atom. The highest BCUT2D eigenvalue weighted by molar-refractivity contribution is 7.18. The molecule has 3 rings (SSSR count). The van der Waals surface area contributed by atoms with Crippen LogP contribution >= 0.6 is 11.3 Å². The molecule has 0 aliphatic rings. The van der Waals surface area contributed by atoms with Crippen LogP contribution in [-0.4, -0.2) is 13.2 Å². The second-order valence-electron chi connectivity index (χ2n) is 8.77. The summed E-state index contributed by atoms with van der Waals surface area (Å²) in [5.41, 5.74) is 2.43. The van der Waals surface area contributed by atoms with Crippen LogP contribution in [0.1, 0.15) is 65.2 Å². The fourth-order valence-corrected chi connectivity index (χ4v) is 4.78. The summed E-state index contributed by atoms with van der Waals surface area (Å²) in [6, 6.07) is 21.2. The predicted molar refractivity (Wildman–Crippen MR) is 153 cm³/mol. The third-order valence-corrected chi connectivity index (χ3v) is 7.04. The standard InChI is InChI=1S/C32H40O2S/c1-3-5-7-9-11-13-25-33-29-19-15-27(16-20-29)31-23-24-32(35-31)28-17-21-30(22-18-28)34-26-14-12-10-8-6-4-2/h11-24H,3-10,25-26H2,1-2H3/b13-11+,14-12+. The maximum Gasteiger partial charge on any atom is 0.119 e. The van der Waals surface area contributed by atoms with Gasteiger partial charge < -0.3 is 9.47 Å². The Balaban J connectivity index is 1.46. The normalized spacial score (nSPS) is 11.5. The van der Waals surface area contributed by atoms with Crippen molar-refractivity contribution < 1.29 is 9.47 Å². The molecule has 0 aliphatic carbocycles. The lowest BCUT2D eigenvalue weighted by Gasteiger charge is -2.05. The molecule has 0 saturated carbocycles. The molecular formula is C32H40O2S. The van der Waals surface area contributed by atoms with E-state index < -0.39 is 0 Å². The summed E-state index contributed by atoms with van der Waals surface area (Å²) in [5.74, 6) is 1.82. The first kappa shape index (κ1) is 26.8. The van der Waals surface area contributed by atoms with Crippen LogP contribution in [0.4, 0.5) is 0 Å². The van der Waals surface area contributed by atoms with Crippen LogP contribution in [0.25, 0.3) is 20.9 Å². The minimum Gasteiger partial charge on any atom is -0.490 e. The molecule has 3 aromatic rings. The Morgan fingerprint density at radius 1 is 0.543 bits per heavy atom. The van der Waals surface area contributed by atoms with Gasteiger partial charge >= 0.3 is 0 Å². The van der Waals surface area contributed by atoms with E-state index in [1.807, 2.05) is 11.3 Å². The minimum absolute atomic E-state index is 0.629. The van der Waals surface area contributed by atoms with E-state index in [1.54, 1.807) is 0 Å². The fraction of sp³-hybridized carbons (Fsp3) is 0.375. The molecule has 2 aromatic carbocycles. The Morgan fingerprint density at radius 2 is 0.971 bits per heavy atom. The zero-order chi connectivity index (χ0) is 24.6. The van der Waals surface area contributed by atoms with Gasteiger partial charge in [0.05, 0.1) is 0 Å². The molecule has 35 heavy (non-hydrogen) atoms. The molecule has 0 fully saturated rings. The topological polar surface area (TPSA) is 18.5 Å². The minimum atomic E-state index is 0.629. The largest absolute Gasteiger partial charge is 0.490 e. The molecule has 2 nitrogen and oxygen atoms in total. The molecular weight excluding hydrogens is 448 g/mol.